The third-order valence-electron chi connectivity index (χ3n) is 4.96. The van der Waals surface area contributed by atoms with Gasteiger partial charge in [0.15, 0.2) is 0 Å². The van der Waals surface area contributed by atoms with Gasteiger partial charge in [-0.25, -0.2) is 0 Å². The molecule has 2 fully saturated rings. The molecule has 0 spiro atoms. The number of piperidine rings is 1. The van der Waals surface area contributed by atoms with E-state index in [2.05, 4.69) is 17.3 Å². The molecule has 0 aromatic rings. The first-order chi connectivity index (χ1) is 8.49. The van der Waals surface area contributed by atoms with Crippen molar-refractivity contribution in [1.82, 2.24) is 10.2 Å². The maximum Gasteiger partial charge on any atom is 0.224 e. The molecule has 0 radical (unpaired) electrons. The lowest BCUT2D eigenvalue weighted by atomic mass is 9.91. The summed E-state index contributed by atoms with van der Waals surface area (Å²) < 4.78 is 0. The molecule has 104 valence electrons. The van der Waals surface area contributed by atoms with Gasteiger partial charge in [-0.05, 0) is 45.6 Å². The lowest BCUT2D eigenvalue weighted by Gasteiger charge is -2.36. The molecular weight excluding hydrogens is 226 g/mol. The molecule has 18 heavy (non-hydrogen) atoms. The first-order valence-electron chi connectivity index (χ1n) is 7.24. The highest BCUT2D eigenvalue weighted by molar-refractivity contribution is 5.78. The monoisotopic (exact) mass is 253 g/mol. The molecule has 0 saturated carbocycles. The third-order valence-corrected chi connectivity index (χ3v) is 4.96. The molecule has 4 atom stereocenters. The zero-order valence-corrected chi connectivity index (χ0v) is 11.9. The second kappa shape index (κ2) is 5.57. The molecule has 0 aromatic carbocycles. The zero-order chi connectivity index (χ0) is 13.3. The highest BCUT2D eigenvalue weighted by Gasteiger charge is 2.38. The minimum Gasteiger partial charge on any atom is -0.356 e. The quantitative estimate of drug-likeness (QED) is 0.784. The van der Waals surface area contributed by atoms with Crippen molar-refractivity contribution in [2.24, 2.45) is 17.6 Å². The van der Waals surface area contributed by atoms with Crippen LogP contribution in [-0.2, 0) is 4.79 Å². The van der Waals surface area contributed by atoms with Gasteiger partial charge < -0.3 is 16.0 Å². The van der Waals surface area contributed by atoms with Crippen molar-refractivity contribution < 1.29 is 4.79 Å². The second-order valence-electron chi connectivity index (χ2n) is 6.28. The number of hydrogen-bond acceptors (Lipinski definition) is 3. The van der Waals surface area contributed by atoms with Crippen LogP contribution in [0, 0.1) is 11.8 Å². The molecule has 4 unspecified atom stereocenters. The second-order valence-corrected chi connectivity index (χ2v) is 6.28. The molecular formula is C14H27N3O. The third kappa shape index (κ3) is 2.86. The van der Waals surface area contributed by atoms with Gasteiger partial charge in [0.2, 0.25) is 5.91 Å². The minimum atomic E-state index is -0.0898. The van der Waals surface area contributed by atoms with Gasteiger partial charge in [0.25, 0.3) is 0 Å². The minimum absolute atomic E-state index is 0.0707. The molecule has 2 bridgehead atoms. The largest absolute Gasteiger partial charge is 0.356 e. The van der Waals surface area contributed by atoms with Gasteiger partial charge in [-0.2, -0.15) is 0 Å². The number of carbonyl (C=O) groups is 1. The van der Waals surface area contributed by atoms with E-state index in [-0.39, 0.29) is 17.9 Å². The fourth-order valence-corrected chi connectivity index (χ4v) is 3.34. The van der Waals surface area contributed by atoms with Gasteiger partial charge in [0, 0.05) is 30.6 Å². The van der Waals surface area contributed by atoms with Crippen LogP contribution >= 0.6 is 0 Å². The van der Waals surface area contributed by atoms with Crippen LogP contribution in [0.25, 0.3) is 0 Å². The number of nitrogens with two attached hydrogens (primary N) is 1. The summed E-state index contributed by atoms with van der Waals surface area (Å²) in [6.45, 7) is 4.62. The topological polar surface area (TPSA) is 58.4 Å². The Kier molecular flexibility index (Phi) is 4.28. The SMILES string of the molecule is CC(N)C(C)C(=O)NCC1CC2CCC(C1)N2C. The van der Waals surface area contributed by atoms with E-state index in [4.69, 9.17) is 5.73 Å². The number of carbonyl (C=O) groups excluding carboxylic acids is 1. The first kappa shape index (κ1) is 13.8. The van der Waals surface area contributed by atoms with Crippen molar-refractivity contribution in [3.63, 3.8) is 0 Å². The van der Waals surface area contributed by atoms with Gasteiger partial charge in [-0.3, -0.25) is 4.79 Å². The van der Waals surface area contributed by atoms with Crippen LogP contribution in [-0.4, -0.2) is 42.5 Å². The fourth-order valence-electron chi connectivity index (χ4n) is 3.34. The Bertz CT molecular complexity index is 291. The predicted molar refractivity (Wildman–Crippen MR) is 73.1 cm³/mol. The normalized spacial score (nSPS) is 35.2. The number of nitrogens with one attached hydrogen (secondary N) is 1. The Labute approximate surface area is 110 Å². The lowest BCUT2D eigenvalue weighted by Crippen LogP contribution is -2.45. The Balaban J connectivity index is 1.77. The van der Waals surface area contributed by atoms with Gasteiger partial charge in [-0.1, -0.05) is 6.92 Å². The molecule has 4 nitrogen and oxygen atoms in total. The lowest BCUT2D eigenvalue weighted by molar-refractivity contribution is -0.125. The Morgan fingerprint density at radius 3 is 2.39 bits per heavy atom. The first-order valence-corrected chi connectivity index (χ1v) is 7.24. The van der Waals surface area contributed by atoms with E-state index in [0.29, 0.717) is 5.92 Å². The van der Waals surface area contributed by atoms with E-state index in [1.807, 2.05) is 13.8 Å². The van der Waals surface area contributed by atoms with Crippen molar-refractivity contribution in [3.05, 3.63) is 0 Å². The van der Waals surface area contributed by atoms with E-state index >= 15 is 0 Å². The van der Waals surface area contributed by atoms with Crippen LogP contribution in [0.15, 0.2) is 0 Å². The molecule has 4 heteroatoms. The highest BCUT2D eigenvalue weighted by Crippen LogP contribution is 2.36. The maximum atomic E-state index is 11.9. The van der Waals surface area contributed by atoms with Crippen LogP contribution in [0.2, 0.25) is 0 Å². The van der Waals surface area contributed by atoms with E-state index in [9.17, 15) is 4.79 Å². The van der Waals surface area contributed by atoms with Crippen molar-refractivity contribution in [1.29, 1.82) is 0 Å². The summed E-state index contributed by atoms with van der Waals surface area (Å²) in [6.07, 6.45) is 5.14. The van der Waals surface area contributed by atoms with E-state index in [0.717, 1.165) is 18.6 Å². The fraction of sp³-hybridized carbons (Fsp3) is 0.929. The number of rotatable bonds is 4. The average molecular weight is 253 g/mol. The Hall–Kier alpha value is -0.610. The number of amides is 1. The molecule has 2 rings (SSSR count). The van der Waals surface area contributed by atoms with Crippen molar-refractivity contribution in [2.75, 3.05) is 13.6 Å². The molecule has 2 aliphatic heterocycles. The number of nitrogens with zero attached hydrogens (tertiary/aromatic N) is 1. The van der Waals surface area contributed by atoms with Crippen molar-refractivity contribution in [3.8, 4) is 0 Å². The summed E-state index contributed by atoms with van der Waals surface area (Å²) in [6, 6.07) is 1.42. The van der Waals surface area contributed by atoms with Crippen LogP contribution in [0.4, 0.5) is 0 Å². The maximum absolute atomic E-state index is 11.9. The van der Waals surface area contributed by atoms with Gasteiger partial charge >= 0.3 is 0 Å². The standard InChI is InChI=1S/C14H27N3O/c1-9(10(2)15)14(18)16-8-11-6-12-4-5-13(7-11)17(12)3/h9-13H,4-8,15H2,1-3H3,(H,16,18). The van der Waals surface area contributed by atoms with E-state index in [1.54, 1.807) is 0 Å². The smallest absolute Gasteiger partial charge is 0.224 e. The molecule has 1 amide bonds. The van der Waals surface area contributed by atoms with Crippen molar-refractivity contribution in [2.45, 2.75) is 57.7 Å². The summed E-state index contributed by atoms with van der Waals surface area (Å²) in [4.78, 5) is 14.4. The van der Waals surface area contributed by atoms with E-state index in [1.165, 1.54) is 25.7 Å². The van der Waals surface area contributed by atoms with Crippen molar-refractivity contribution >= 4 is 5.91 Å². The van der Waals surface area contributed by atoms with E-state index < -0.39 is 0 Å². The molecule has 3 N–H and O–H groups in total. The predicted octanol–water partition coefficient (Wildman–Crippen LogP) is 0.959. The average Bonchev–Trinajstić information content (AvgIpc) is 2.56. The van der Waals surface area contributed by atoms with Gasteiger partial charge in [-0.15, -0.1) is 0 Å². The molecule has 2 saturated heterocycles. The number of hydrogen-bond donors (Lipinski definition) is 2. The Morgan fingerprint density at radius 2 is 1.89 bits per heavy atom. The van der Waals surface area contributed by atoms with Crippen LogP contribution in [0.5, 0.6) is 0 Å². The Morgan fingerprint density at radius 1 is 1.33 bits per heavy atom. The zero-order valence-electron chi connectivity index (χ0n) is 11.9. The highest BCUT2D eigenvalue weighted by atomic mass is 16.1. The van der Waals surface area contributed by atoms with Crippen LogP contribution in [0.3, 0.4) is 0 Å². The summed E-state index contributed by atoms with van der Waals surface area (Å²) in [5.41, 5.74) is 5.75. The van der Waals surface area contributed by atoms with Crippen LogP contribution < -0.4 is 11.1 Å². The summed E-state index contributed by atoms with van der Waals surface area (Å²) >= 11 is 0. The summed E-state index contributed by atoms with van der Waals surface area (Å²) in [5.74, 6) is 0.673. The summed E-state index contributed by atoms with van der Waals surface area (Å²) in [5, 5.41) is 3.08. The molecule has 2 aliphatic rings. The van der Waals surface area contributed by atoms with Crippen LogP contribution in [0.1, 0.15) is 39.5 Å². The molecule has 0 aromatic heterocycles. The van der Waals surface area contributed by atoms with Gasteiger partial charge in [0.05, 0.1) is 0 Å². The van der Waals surface area contributed by atoms with Gasteiger partial charge in [0.1, 0.15) is 0 Å². The molecule has 0 aliphatic carbocycles. The summed E-state index contributed by atoms with van der Waals surface area (Å²) in [7, 11) is 2.25. The number of fused-ring (bicyclic) bond motifs is 2. The molecule has 2 heterocycles.